The Labute approximate surface area is 100 Å². The fourth-order valence-electron chi connectivity index (χ4n) is 2.07. The first-order valence-electron chi connectivity index (χ1n) is 5.72. The molecule has 90 valence electrons. The van der Waals surface area contributed by atoms with E-state index < -0.39 is 0 Å². The van der Waals surface area contributed by atoms with E-state index in [2.05, 4.69) is 28.2 Å². The standard InChI is InChI=1S/C13H17N3O/c1-15-8-10-9-16(7-6-13(14)17)12-5-3-2-4-11(10)12/h2-5,9,15H,6-8H2,1H3,(H2,14,17). The summed E-state index contributed by atoms with van der Waals surface area (Å²) in [4.78, 5) is 10.8. The van der Waals surface area contributed by atoms with Crippen LogP contribution < -0.4 is 11.1 Å². The molecular formula is C13H17N3O. The molecule has 0 aliphatic heterocycles. The van der Waals surface area contributed by atoms with Crippen LogP contribution in [0.1, 0.15) is 12.0 Å². The average Bonchev–Trinajstić information content (AvgIpc) is 2.66. The summed E-state index contributed by atoms with van der Waals surface area (Å²) in [5.74, 6) is -0.266. The number of nitrogens with one attached hydrogen (secondary N) is 1. The predicted octanol–water partition coefficient (Wildman–Crippen LogP) is 1.24. The van der Waals surface area contributed by atoms with Gasteiger partial charge in [-0.15, -0.1) is 0 Å². The molecular weight excluding hydrogens is 214 g/mol. The van der Waals surface area contributed by atoms with Gasteiger partial charge in [-0.2, -0.15) is 0 Å². The quantitative estimate of drug-likeness (QED) is 0.813. The van der Waals surface area contributed by atoms with E-state index in [0.717, 1.165) is 12.1 Å². The number of aryl methyl sites for hydroxylation is 1. The SMILES string of the molecule is CNCc1cn(CCC(N)=O)c2ccccc12. The summed E-state index contributed by atoms with van der Waals surface area (Å²) in [5, 5.41) is 4.38. The molecule has 0 atom stereocenters. The largest absolute Gasteiger partial charge is 0.370 e. The lowest BCUT2D eigenvalue weighted by molar-refractivity contribution is -0.118. The molecule has 0 saturated heterocycles. The summed E-state index contributed by atoms with van der Waals surface area (Å²) in [7, 11) is 1.93. The summed E-state index contributed by atoms with van der Waals surface area (Å²) in [6, 6.07) is 8.20. The number of para-hydroxylation sites is 1. The molecule has 0 spiro atoms. The number of aromatic nitrogens is 1. The van der Waals surface area contributed by atoms with E-state index in [9.17, 15) is 4.79 Å². The Hall–Kier alpha value is -1.81. The van der Waals surface area contributed by atoms with Gasteiger partial charge >= 0.3 is 0 Å². The van der Waals surface area contributed by atoms with Crippen molar-refractivity contribution in [2.24, 2.45) is 5.73 Å². The van der Waals surface area contributed by atoms with Crippen LogP contribution in [0, 0.1) is 0 Å². The van der Waals surface area contributed by atoms with Crippen LogP contribution in [0.15, 0.2) is 30.5 Å². The van der Waals surface area contributed by atoms with Gasteiger partial charge < -0.3 is 15.6 Å². The van der Waals surface area contributed by atoms with Crippen molar-refractivity contribution in [3.05, 3.63) is 36.0 Å². The van der Waals surface area contributed by atoms with E-state index in [0.29, 0.717) is 13.0 Å². The van der Waals surface area contributed by atoms with E-state index in [1.54, 1.807) is 0 Å². The van der Waals surface area contributed by atoms with E-state index in [-0.39, 0.29) is 5.91 Å². The fourth-order valence-corrected chi connectivity index (χ4v) is 2.07. The molecule has 3 N–H and O–H groups in total. The number of nitrogens with zero attached hydrogens (tertiary/aromatic N) is 1. The molecule has 0 fully saturated rings. The molecule has 1 heterocycles. The summed E-state index contributed by atoms with van der Waals surface area (Å²) >= 11 is 0. The molecule has 17 heavy (non-hydrogen) atoms. The predicted molar refractivity (Wildman–Crippen MR) is 68.5 cm³/mol. The van der Waals surface area contributed by atoms with Crippen molar-refractivity contribution in [2.75, 3.05) is 7.05 Å². The van der Waals surface area contributed by atoms with Gasteiger partial charge in [0.2, 0.25) is 5.91 Å². The van der Waals surface area contributed by atoms with Crippen LogP contribution in [0.3, 0.4) is 0 Å². The number of hydrogen-bond donors (Lipinski definition) is 2. The second kappa shape index (κ2) is 5.01. The maximum absolute atomic E-state index is 10.8. The zero-order valence-corrected chi connectivity index (χ0v) is 9.94. The third-order valence-corrected chi connectivity index (χ3v) is 2.84. The second-order valence-electron chi connectivity index (χ2n) is 4.11. The lowest BCUT2D eigenvalue weighted by Crippen LogP contribution is -2.13. The zero-order chi connectivity index (χ0) is 12.3. The second-order valence-corrected chi connectivity index (χ2v) is 4.11. The normalized spacial score (nSPS) is 10.9. The van der Waals surface area contributed by atoms with Crippen molar-refractivity contribution in [3.63, 3.8) is 0 Å². The Morgan fingerprint density at radius 2 is 2.18 bits per heavy atom. The van der Waals surface area contributed by atoms with Crippen LogP contribution in [-0.4, -0.2) is 17.5 Å². The minimum Gasteiger partial charge on any atom is -0.370 e. The Kier molecular flexibility index (Phi) is 3.44. The number of primary amides is 1. The maximum atomic E-state index is 10.8. The number of hydrogen-bond acceptors (Lipinski definition) is 2. The topological polar surface area (TPSA) is 60.1 Å². The van der Waals surface area contributed by atoms with Crippen molar-refractivity contribution in [1.29, 1.82) is 0 Å². The van der Waals surface area contributed by atoms with E-state index in [4.69, 9.17) is 5.73 Å². The highest BCUT2D eigenvalue weighted by molar-refractivity contribution is 5.84. The van der Waals surface area contributed by atoms with Crippen LogP contribution in [0.4, 0.5) is 0 Å². The van der Waals surface area contributed by atoms with Gasteiger partial charge in [0.1, 0.15) is 0 Å². The van der Waals surface area contributed by atoms with Crippen LogP contribution in [0.2, 0.25) is 0 Å². The van der Waals surface area contributed by atoms with Gasteiger partial charge in [-0.3, -0.25) is 4.79 Å². The van der Waals surface area contributed by atoms with Crippen LogP contribution in [0.25, 0.3) is 10.9 Å². The first kappa shape index (κ1) is 11.7. The molecule has 1 aromatic heterocycles. The number of benzene rings is 1. The molecule has 2 rings (SSSR count). The number of nitrogens with two attached hydrogens (primary N) is 1. The van der Waals surface area contributed by atoms with E-state index in [1.165, 1.54) is 10.9 Å². The van der Waals surface area contributed by atoms with E-state index in [1.807, 2.05) is 19.2 Å². The summed E-state index contributed by atoms with van der Waals surface area (Å²) in [5.41, 5.74) is 7.58. The molecule has 0 unspecified atom stereocenters. The molecule has 2 aromatic rings. The summed E-state index contributed by atoms with van der Waals surface area (Å²) in [6.07, 6.45) is 2.46. The lowest BCUT2D eigenvalue weighted by Gasteiger charge is -2.02. The average molecular weight is 231 g/mol. The molecule has 0 radical (unpaired) electrons. The molecule has 1 aromatic carbocycles. The number of fused-ring (bicyclic) bond motifs is 1. The molecule has 4 heteroatoms. The van der Waals surface area contributed by atoms with Gasteiger partial charge in [0.15, 0.2) is 0 Å². The first-order valence-corrected chi connectivity index (χ1v) is 5.72. The minimum absolute atomic E-state index is 0.266. The minimum atomic E-state index is -0.266. The van der Waals surface area contributed by atoms with Gasteiger partial charge in [-0.05, 0) is 18.7 Å². The molecule has 4 nitrogen and oxygen atoms in total. The fraction of sp³-hybridized carbons (Fsp3) is 0.308. The van der Waals surface area contributed by atoms with Crippen molar-refractivity contribution in [1.82, 2.24) is 9.88 Å². The summed E-state index contributed by atoms with van der Waals surface area (Å²) in [6.45, 7) is 1.46. The van der Waals surface area contributed by atoms with Crippen molar-refractivity contribution < 1.29 is 4.79 Å². The number of rotatable bonds is 5. The monoisotopic (exact) mass is 231 g/mol. The zero-order valence-electron chi connectivity index (χ0n) is 9.94. The molecule has 0 bridgehead atoms. The number of carbonyl (C=O) groups is 1. The Morgan fingerprint density at radius 3 is 2.88 bits per heavy atom. The highest BCUT2D eigenvalue weighted by Crippen LogP contribution is 2.21. The van der Waals surface area contributed by atoms with Crippen molar-refractivity contribution in [2.45, 2.75) is 19.5 Å². The molecule has 0 aliphatic rings. The summed E-state index contributed by atoms with van der Waals surface area (Å²) < 4.78 is 2.09. The Balaban J connectivity index is 2.37. The Morgan fingerprint density at radius 1 is 1.41 bits per heavy atom. The smallest absolute Gasteiger partial charge is 0.219 e. The first-order chi connectivity index (χ1) is 8.22. The highest BCUT2D eigenvalue weighted by Gasteiger charge is 2.07. The molecule has 0 saturated carbocycles. The van der Waals surface area contributed by atoms with Gasteiger partial charge in [-0.25, -0.2) is 0 Å². The van der Waals surface area contributed by atoms with Crippen molar-refractivity contribution in [3.8, 4) is 0 Å². The highest BCUT2D eigenvalue weighted by atomic mass is 16.1. The van der Waals surface area contributed by atoms with E-state index >= 15 is 0 Å². The lowest BCUT2D eigenvalue weighted by atomic mass is 10.2. The number of amides is 1. The van der Waals surface area contributed by atoms with Gasteiger partial charge in [0.25, 0.3) is 0 Å². The van der Waals surface area contributed by atoms with Crippen LogP contribution >= 0.6 is 0 Å². The van der Waals surface area contributed by atoms with Gasteiger partial charge in [0.05, 0.1) is 0 Å². The van der Waals surface area contributed by atoms with Crippen LogP contribution in [-0.2, 0) is 17.9 Å². The van der Waals surface area contributed by atoms with Crippen molar-refractivity contribution >= 4 is 16.8 Å². The Bertz CT molecular complexity index is 530. The van der Waals surface area contributed by atoms with Crippen LogP contribution in [0.5, 0.6) is 0 Å². The third-order valence-electron chi connectivity index (χ3n) is 2.84. The third kappa shape index (κ3) is 2.47. The maximum Gasteiger partial charge on any atom is 0.219 e. The molecule has 0 aliphatic carbocycles. The number of carbonyl (C=O) groups excluding carboxylic acids is 1. The van der Waals surface area contributed by atoms with Gasteiger partial charge in [-0.1, -0.05) is 18.2 Å². The van der Waals surface area contributed by atoms with Gasteiger partial charge in [0, 0.05) is 36.6 Å². The molecule has 1 amide bonds.